The molecule has 0 saturated heterocycles. The van der Waals surface area contributed by atoms with E-state index in [1.807, 2.05) is 12.3 Å². The standard InChI is InChI=1S/C12H13NO/c1-9(14)6-10-2-3-11-4-5-13-8-12(11)7-10/h2-5,7-9,14H,6H2,1H3. The van der Waals surface area contributed by atoms with Crippen LogP contribution in [-0.2, 0) is 6.42 Å². The summed E-state index contributed by atoms with van der Waals surface area (Å²) in [7, 11) is 0. The molecule has 1 N–H and O–H groups in total. The maximum atomic E-state index is 9.26. The van der Waals surface area contributed by atoms with Crippen molar-refractivity contribution >= 4 is 10.8 Å². The summed E-state index contributed by atoms with van der Waals surface area (Å²) in [4.78, 5) is 4.07. The van der Waals surface area contributed by atoms with Crippen LogP contribution in [0.4, 0.5) is 0 Å². The Hall–Kier alpha value is -1.41. The van der Waals surface area contributed by atoms with E-state index < -0.39 is 0 Å². The van der Waals surface area contributed by atoms with Gasteiger partial charge >= 0.3 is 0 Å². The van der Waals surface area contributed by atoms with Gasteiger partial charge in [0, 0.05) is 17.8 Å². The molecule has 2 nitrogen and oxygen atoms in total. The van der Waals surface area contributed by atoms with E-state index >= 15 is 0 Å². The molecule has 0 spiro atoms. The first kappa shape index (κ1) is 9.16. The highest BCUT2D eigenvalue weighted by atomic mass is 16.3. The number of nitrogens with zero attached hydrogens (tertiary/aromatic N) is 1. The Morgan fingerprint density at radius 3 is 2.93 bits per heavy atom. The summed E-state index contributed by atoms with van der Waals surface area (Å²) in [5, 5.41) is 11.6. The number of aliphatic hydroxyl groups is 1. The van der Waals surface area contributed by atoms with Crippen molar-refractivity contribution in [3.8, 4) is 0 Å². The molecule has 0 bridgehead atoms. The van der Waals surface area contributed by atoms with Crippen LogP contribution in [0.2, 0.25) is 0 Å². The molecule has 1 atom stereocenters. The topological polar surface area (TPSA) is 33.1 Å². The molecule has 1 unspecified atom stereocenters. The largest absolute Gasteiger partial charge is 0.393 e. The van der Waals surface area contributed by atoms with Gasteiger partial charge in [-0.25, -0.2) is 0 Å². The fourth-order valence-electron chi connectivity index (χ4n) is 1.60. The van der Waals surface area contributed by atoms with E-state index in [0.717, 1.165) is 10.9 Å². The Morgan fingerprint density at radius 2 is 2.14 bits per heavy atom. The molecule has 2 aromatic rings. The highest BCUT2D eigenvalue weighted by Gasteiger charge is 2.00. The van der Waals surface area contributed by atoms with Crippen molar-refractivity contribution < 1.29 is 5.11 Å². The van der Waals surface area contributed by atoms with Crippen molar-refractivity contribution in [3.05, 3.63) is 42.2 Å². The number of hydrogen-bond donors (Lipinski definition) is 1. The Labute approximate surface area is 83.2 Å². The van der Waals surface area contributed by atoms with E-state index in [1.54, 1.807) is 13.1 Å². The first-order valence-corrected chi connectivity index (χ1v) is 4.76. The third kappa shape index (κ3) is 1.91. The molecule has 1 aromatic heterocycles. The molecule has 0 amide bonds. The lowest BCUT2D eigenvalue weighted by Crippen LogP contribution is -2.03. The summed E-state index contributed by atoms with van der Waals surface area (Å²) in [6, 6.07) is 8.18. The smallest absolute Gasteiger partial charge is 0.0552 e. The van der Waals surface area contributed by atoms with E-state index in [4.69, 9.17) is 0 Å². The van der Waals surface area contributed by atoms with Crippen molar-refractivity contribution in [2.75, 3.05) is 0 Å². The number of fused-ring (bicyclic) bond motifs is 1. The van der Waals surface area contributed by atoms with Gasteiger partial charge in [-0.05, 0) is 36.4 Å². The van der Waals surface area contributed by atoms with E-state index in [2.05, 4.69) is 23.2 Å². The lowest BCUT2D eigenvalue weighted by atomic mass is 10.0. The Kier molecular flexibility index (Phi) is 2.46. The average Bonchev–Trinajstić information content (AvgIpc) is 2.17. The minimum atomic E-state index is -0.288. The zero-order chi connectivity index (χ0) is 9.97. The van der Waals surface area contributed by atoms with E-state index in [1.165, 1.54) is 5.39 Å². The zero-order valence-corrected chi connectivity index (χ0v) is 8.14. The van der Waals surface area contributed by atoms with Gasteiger partial charge in [0.15, 0.2) is 0 Å². The van der Waals surface area contributed by atoms with Crippen LogP contribution in [0.3, 0.4) is 0 Å². The van der Waals surface area contributed by atoms with Gasteiger partial charge in [-0.3, -0.25) is 4.98 Å². The zero-order valence-electron chi connectivity index (χ0n) is 8.14. The van der Waals surface area contributed by atoms with Crippen molar-refractivity contribution in [1.82, 2.24) is 4.98 Å². The minimum Gasteiger partial charge on any atom is -0.393 e. The van der Waals surface area contributed by atoms with Gasteiger partial charge in [0.25, 0.3) is 0 Å². The molecule has 14 heavy (non-hydrogen) atoms. The monoisotopic (exact) mass is 187 g/mol. The quantitative estimate of drug-likeness (QED) is 0.781. The van der Waals surface area contributed by atoms with Gasteiger partial charge < -0.3 is 5.11 Å². The van der Waals surface area contributed by atoms with Crippen LogP contribution < -0.4 is 0 Å². The van der Waals surface area contributed by atoms with Gasteiger partial charge in [-0.2, -0.15) is 0 Å². The van der Waals surface area contributed by atoms with Crippen LogP contribution in [0.5, 0.6) is 0 Å². The predicted octanol–water partition coefficient (Wildman–Crippen LogP) is 2.16. The van der Waals surface area contributed by atoms with Crippen molar-refractivity contribution in [2.45, 2.75) is 19.4 Å². The van der Waals surface area contributed by atoms with Crippen LogP contribution in [-0.4, -0.2) is 16.2 Å². The minimum absolute atomic E-state index is 0.288. The normalized spacial score (nSPS) is 13.0. The Balaban J connectivity index is 2.41. The first-order valence-electron chi connectivity index (χ1n) is 4.76. The summed E-state index contributed by atoms with van der Waals surface area (Å²) in [6.07, 6.45) is 4.05. The number of aromatic nitrogens is 1. The number of pyridine rings is 1. The lowest BCUT2D eigenvalue weighted by Gasteiger charge is -2.05. The number of rotatable bonds is 2. The molecule has 0 radical (unpaired) electrons. The maximum Gasteiger partial charge on any atom is 0.0552 e. The molecule has 72 valence electrons. The van der Waals surface area contributed by atoms with Gasteiger partial charge in [0.2, 0.25) is 0 Å². The number of aliphatic hydroxyl groups excluding tert-OH is 1. The van der Waals surface area contributed by atoms with Crippen LogP contribution >= 0.6 is 0 Å². The molecule has 0 aliphatic carbocycles. The third-order valence-corrected chi connectivity index (χ3v) is 2.24. The Morgan fingerprint density at radius 1 is 1.29 bits per heavy atom. The highest BCUT2D eigenvalue weighted by Crippen LogP contribution is 2.15. The average molecular weight is 187 g/mol. The van der Waals surface area contributed by atoms with Crippen LogP contribution in [0.1, 0.15) is 12.5 Å². The predicted molar refractivity (Wildman–Crippen MR) is 57.1 cm³/mol. The van der Waals surface area contributed by atoms with E-state index in [0.29, 0.717) is 6.42 Å². The Bertz CT molecular complexity index is 437. The SMILES string of the molecule is CC(O)Cc1ccc2ccncc2c1. The third-order valence-electron chi connectivity index (χ3n) is 2.24. The summed E-state index contributed by atoms with van der Waals surface area (Å²) >= 11 is 0. The van der Waals surface area contributed by atoms with Crippen LogP contribution in [0.25, 0.3) is 10.8 Å². The summed E-state index contributed by atoms with van der Waals surface area (Å²) in [5.41, 5.74) is 1.15. The van der Waals surface area contributed by atoms with Crippen LogP contribution in [0, 0.1) is 0 Å². The van der Waals surface area contributed by atoms with Crippen molar-refractivity contribution in [3.63, 3.8) is 0 Å². The second-order valence-corrected chi connectivity index (χ2v) is 3.61. The van der Waals surface area contributed by atoms with Gasteiger partial charge in [0.1, 0.15) is 0 Å². The van der Waals surface area contributed by atoms with E-state index in [-0.39, 0.29) is 6.10 Å². The number of hydrogen-bond acceptors (Lipinski definition) is 2. The molecule has 0 aliphatic heterocycles. The highest BCUT2D eigenvalue weighted by molar-refractivity contribution is 5.81. The molecule has 0 aliphatic rings. The summed E-state index contributed by atoms with van der Waals surface area (Å²) < 4.78 is 0. The molecule has 1 aromatic carbocycles. The molecule has 2 heteroatoms. The molecular formula is C12H13NO. The fourth-order valence-corrected chi connectivity index (χ4v) is 1.60. The van der Waals surface area contributed by atoms with E-state index in [9.17, 15) is 5.11 Å². The second kappa shape index (κ2) is 3.76. The lowest BCUT2D eigenvalue weighted by molar-refractivity contribution is 0.195. The first-order chi connectivity index (χ1) is 6.75. The molecule has 2 rings (SSSR count). The second-order valence-electron chi connectivity index (χ2n) is 3.61. The summed E-state index contributed by atoms with van der Waals surface area (Å²) in [5.74, 6) is 0. The maximum absolute atomic E-state index is 9.26. The molecule has 0 fully saturated rings. The van der Waals surface area contributed by atoms with Gasteiger partial charge in [-0.15, -0.1) is 0 Å². The molecule has 1 heterocycles. The molecular weight excluding hydrogens is 174 g/mol. The summed E-state index contributed by atoms with van der Waals surface area (Å²) in [6.45, 7) is 1.80. The molecule has 0 saturated carbocycles. The van der Waals surface area contributed by atoms with Gasteiger partial charge in [-0.1, -0.05) is 12.1 Å². The number of benzene rings is 1. The van der Waals surface area contributed by atoms with Crippen molar-refractivity contribution in [2.24, 2.45) is 0 Å². The van der Waals surface area contributed by atoms with Gasteiger partial charge in [0.05, 0.1) is 6.10 Å². The van der Waals surface area contributed by atoms with Crippen LogP contribution in [0.15, 0.2) is 36.7 Å². The fraction of sp³-hybridized carbons (Fsp3) is 0.250. The van der Waals surface area contributed by atoms with Crippen molar-refractivity contribution in [1.29, 1.82) is 0 Å².